The number of carboxylic acids is 1. The number of nitrogens with one attached hydrogen (secondary N) is 1. The molecule has 29 heavy (non-hydrogen) atoms. The van der Waals surface area contributed by atoms with Crippen molar-refractivity contribution in [2.45, 2.75) is 18.9 Å². The molecular formula is C18H17ClN4O5S. The van der Waals surface area contributed by atoms with Crippen molar-refractivity contribution in [2.24, 2.45) is 0 Å². The van der Waals surface area contributed by atoms with E-state index in [0.717, 1.165) is 11.1 Å². The van der Waals surface area contributed by atoms with Crippen molar-refractivity contribution in [3.05, 3.63) is 45.9 Å². The lowest BCUT2D eigenvalue weighted by atomic mass is 10.1. The molecule has 1 aliphatic rings. The number of thiophene rings is 1. The Hall–Kier alpha value is -2.69. The maximum atomic E-state index is 12.9. The highest BCUT2D eigenvalue weighted by Crippen LogP contribution is 2.31. The zero-order chi connectivity index (χ0) is 20.4. The van der Waals surface area contributed by atoms with E-state index in [1.807, 2.05) is 12.1 Å². The SMILES string of the molecule is O=C(O)c1cnc(C(=O)N2CCCOCC2Cc2cc(-c3ccc(Cl)s3)on2)[nH]1. The number of aromatic nitrogens is 3. The average Bonchev–Trinajstić information content (AvgIpc) is 3.41. The molecule has 0 bridgehead atoms. The van der Waals surface area contributed by atoms with Crippen molar-refractivity contribution in [1.29, 1.82) is 0 Å². The standard InChI is InChI=1S/C18H17ClN4O5S/c19-15-3-2-14(29-15)13-7-10(22-28-13)6-11-9-27-5-1-4-23(11)17(24)16-20-8-12(21-16)18(25)26/h2-3,7-8,11H,1,4-6,9H2,(H,20,21)(H,25,26). The summed E-state index contributed by atoms with van der Waals surface area (Å²) in [7, 11) is 0. The van der Waals surface area contributed by atoms with Crippen molar-refractivity contribution in [3.8, 4) is 10.6 Å². The lowest BCUT2D eigenvalue weighted by Gasteiger charge is -2.28. The molecule has 9 nitrogen and oxygen atoms in total. The summed E-state index contributed by atoms with van der Waals surface area (Å²) >= 11 is 7.37. The van der Waals surface area contributed by atoms with Crippen LogP contribution in [0.3, 0.4) is 0 Å². The fourth-order valence-corrected chi connectivity index (χ4v) is 4.14. The van der Waals surface area contributed by atoms with Gasteiger partial charge < -0.3 is 24.3 Å². The summed E-state index contributed by atoms with van der Waals surface area (Å²) in [6.45, 7) is 1.35. The third-order valence-corrected chi connectivity index (χ3v) is 5.77. The molecule has 0 aromatic carbocycles. The first kappa shape index (κ1) is 19.6. The van der Waals surface area contributed by atoms with Gasteiger partial charge in [0.2, 0.25) is 0 Å². The Labute approximate surface area is 174 Å². The van der Waals surface area contributed by atoms with Crippen LogP contribution >= 0.6 is 22.9 Å². The maximum absolute atomic E-state index is 12.9. The molecule has 152 valence electrons. The molecule has 0 saturated carbocycles. The second-order valence-electron chi connectivity index (χ2n) is 6.52. The highest BCUT2D eigenvalue weighted by molar-refractivity contribution is 7.19. The Kier molecular flexibility index (Phi) is 5.65. The van der Waals surface area contributed by atoms with Crippen molar-refractivity contribution in [2.75, 3.05) is 19.8 Å². The Morgan fingerprint density at radius 2 is 2.28 bits per heavy atom. The van der Waals surface area contributed by atoms with Crippen LogP contribution < -0.4 is 0 Å². The molecule has 1 aliphatic heterocycles. The number of H-pyrrole nitrogens is 1. The molecule has 0 aliphatic carbocycles. The molecule has 0 radical (unpaired) electrons. The van der Waals surface area contributed by atoms with Crippen LogP contribution in [0.15, 0.2) is 28.9 Å². The fourth-order valence-electron chi connectivity index (χ4n) is 3.15. The number of aromatic amines is 1. The molecule has 11 heteroatoms. The van der Waals surface area contributed by atoms with Crippen LogP contribution in [0.1, 0.15) is 33.2 Å². The molecule has 1 atom stereocenters. The fraction of sp³-hybridized carbons (Fsp3) is 0.333. The summed E-state index contributed by atoms with van der Waals surface area (Å²) in [6.07, 6.45) is 2.24. The van der Waals surface area contributed by atoms with E-state index < -0.39 is 5.97 Å². The average molecular weight is 437 g/mol. The number of halogens is 1. The topological polar surface area (TPSA) is 122 Å². The summed E-state index contributed by atoms with van der Waals surface area (Å²) < 4.78 is 11.7. The van der Waals surface area contributed by atoms with Gasteiger partial charge in [-0.25, -0.2) is 9.78 Å². The molecular weight excluding hydrogens is 420 g/mol. The number of imidazole rings is 1. The molecule has 4 rings (SSSR count). The van der Waals surface area contributed by atoms with Crippen LogP contribution in [-0.2, 0) is 11.2 Å². The highest BCUT2D eigenvalue weighted by atomic mass is 35.5. The first-order chi connectivity index (χ1) is 14.0. The van der Waals surface area contributed by atoms with Crippen LogP contribution in [0.5, 0.6) is 0 Å². The summed E-state index contributed by atoms with van der Waals surface area (Å²) in [5, 5.41) is 13.2. The largest absolute Gasteiger partial charge is 0.477 e. The van der Waals surface area contributed by atoms with Crippen molar-refractivity contribution < 1.29 is 24.0 Å². The van der Waals surface area contributed by atoms with Crippen LogP contribution in [0.25, 0.3) is 10.6 Å². The second-order valence-corrected chi connectivity index (χ2v) is 8.24. The van der Waals surface area contributed by atoms with Gasteiger partial charge in [0.25, 0.3) is 5.91 Å². The molecule has 1 fully saturated rings. The summed E-state index contributed by atoms with van der Waals surface area (Å²) in [5.74, 6) is -0.942. The first-order valence-electron chi connectivity index (χ1n) is 8.89. The van der Waals surface area contributed by atoms with E-state index in [0.29, 0.717) is 48.4 Å². The van der Waals surface area contributed by atoms with Gasteiger partial charge in [-0.15, -0.1) is 11.3 Å². The van der Waals surface area contributed by atoms with Crippen molar-refractivity contribution in [1.82, 2.24) is 20.0 Å². The smallest absolute Gasteiger partial charge is 0.353 e. The maximum Gasteiger partial charge on any atom is 0.353 e. The Morgan fingerprint density at radius 1 is 1.41 bits per heavy atom. The van der Waals surface area contributed by atoms with Gasteiger partial charge in [0.05, 0.1) is 33.8 Å². The van der Waals surface area contributed by atoms with Crippen LogP contribution in [-0.4, -0.2) is 62.8 Å². The number of hydrogen-bond donors (Lipinski definition) is 2. The Morgan fingerprint density at radius 3 is 3.00 bits per heavy atom. The quantitative estimate of drug-likeness (QED) is 0.630. The van der Waals surface area contributed by atoms with E-state index in [-0.39, 0.29) is 23.5 Å². The summed E-state index contributed by atoms with van der Waals surface area (Å²) in [5.41, 5.74) is 0.551. The molecule has 3 aromatic heterocycles. The van der Waals surface area contributed by atoms with E-state index in [2.05, 4.69) is 15.1 Å². The number of nitrogens with zero attached hydrogens (tertiary/aromatic N) is 3. The van der Waals surface area contributed by atoms with Gasteiger partial charge in [-0.3, -0.25) is 4.79 Å². The number of carboxylic acid groups (broad SMARTS) is 1. The predicted molar refractivity (Wildman–Crippen MR) is 104 cm³/mol. The summed E-state index contributed by atoms with van der Waals surface area (Å²) in [4.78, 5) is 33.0. The van der Waals surface area contributed by atoms with E-state index in [1.165, 1.54) is 11.3 Å². The van der Waals surface area contributed by atoms with Gasteiger partial charge in [-0.2, -0.15) is 0 Å². The first-order valence-corrected chi connectivity index (χ1v) is 10.1. The van der Waals surface area contributed by atoms with Crippen molar-refractivity contribution in [3.63, 3.8) is 0 Å². The van der Waals surface area contributed by atoms with Gasteiger partial charge >= 0.3 is 5.97 Å². The number of amides is 1. The Bertz CT molecular complexity index is 1030. The van der Waals surface area contributed by atoms with E-state index in [1.54, 1.807) is 11.0 Å². The molecule has 1 saturated heterocycles. The number of rotatable bonds is 5. The van der Waals surface area contributed by atoms with E-state index in [9.17, 15) is 9.59 Å². The second kappa shape index (κ2) is 8.36. The van der Waals surface area contributed by atoms with Gasteiger partial charge in [-0.1, -0.05) is 16.8 Å². The minimum atomic E-state index is -1.17. The van der Waals surface area contributed by atoms with E-state index >= 15 is 0 Å². The lowest BCUT2D eigenvalue weighted by molar-refractivity contribution is 0.0591. The minimum absolute atomic E-state index is 0.0108. The number of hydrogen-bond acceptors (Lipinski definition) is 7. The van der Waals surface area contributed by atoms with Gasteiger partial charge in [0.15, 0.2) is 11.6 Å². The molecule has 1 unspecified atom stereocenters. The van der Waals surface area contributed by atoms with E-state index in [4.69, 9.17) is 26.0 Å². The zero-order valence-electron chi connectivity index (χ0n) is 15.1. The molecule has 4 heterocycles. The number of carbonyl (C=O) groups excluding carboxylic acids is 1. The number of carbonyl (C=O) groups is 2. The predicted octanol–water partition coefficient (Wildman–Crippen LogP) is 2.95. The monoisotopic (exact) mass is 436 g/mol. The number of aromatic carboxylic acids is 1. The van der Waals surface area contributed by atoms with Crippen LogP contribution in [0.2, 0.25) is 4.34 Å². The summed E-state index contributed by atoms with van der Waals surface area (Å²) in [6, 6.07) is 5.19. The van der Waals surface area contributed by atoms with Gasteiger partial charge in [0.1, 0.15) is 5.69 Å². The molecule has 2 N–H and O–H groups in total. The lowest BCUT2D eigenvalue weighted by Crippen LogP contribution is -2.43. The minimum Gasteiger partial charge on any atom is -0.477 e. The third-order valence-electron chi connectivity index (χ3n) is 4.53. The number of ether oxygens (including phenoxy) is 1. The normalized spacial score (nSPS) is 17.3. The van der Waals surface area contributed by atoms with Gasteiger partial charge in [-0.05, 0) is 18.6 Å². The molecule has 0 spiro atoms. The van der Waals surface area contributed by atoms with Crippen molar-refractivity contribution >= 4 is 34.8 Å². The zero-order valence-corrected chi connectivity index (χ0v) is 16.7. The van der Waals surface area contributed by atoms with Gasteiger partial charge in [0, 0.05) is 25.6 Å². The molecule has 1 amide bonds. The van der Waals surface area contributed by atoms with Crippen LogP contribution in [0.4, 0.5) is 0 Å². The van der Waals surface area contributed by atoms with Crippen LogP contribution in [0, 0.1) is 0 Å². The highest BCUT2D eigenvalue weighted by Gasteiger charge is 2.30. The molecule has 3 aromatic rings. The Balaban J connectivity index is 1.53. The third kappa shape index (κ3) is 4.34.